The normalized spacial score (nSPS) is 19.3. The van der Waals surface area contributed by atoms with E-state index in [1.807, 2.05) is 12.1 Å². The van der Waals surface area contributed by atoms with E-state index in [9.17, 15) is 9.59 Å². The van der Waals surface area contributed by atoms with E-state index in [0.29, 0.717) is 36.1 Å². The number of carbonyl (C=O) groups is 2. The van der Waals surface area contributed by atoms with Crippen molar-refractivity contribution in [1.82, 2.24) is 4.90 Å². The molecule has 0 bridgehead atoms. The SMILES string of the molecule is C[C@@H]1Oc2ccc(C(=O)CN(Cc3ccco3)C3CC3)cc2NC1=O. The van der Waals surface area contributed by atoms with E-state index in [4.69, 9.17) is 9.15 Å². The molecule has 2 aliphatic rings. The molecule has 1 N–H and O–H groups in total. The zero-order valence-corrected chi connectivity index (χ0v) is 14.0. The molecule has 6 heteroatoms. The summed E-state index contributed by atoms with van der Waals surface area (Å²) in [5, 5.41) is 2.78. The largest absolute Gasteiger partial charge is 0.479 e. The number of carbonyl (C=O) groups excluding carboxylic acids is 2. The molecule has 2 aromatic rings. The van der Waals surface area contributed by atoms with Gasteiger partial charge in [-0.15, -0.1) is 0 Å². The fourth-order valence-corrected chi connectivity index (χ4v) is 3.01. The van der Waals surface area contributed by atoms with Crippen LogP contribution in [-0.2, 0) is 11.3 Å². The minimum atomic E-state index is -0.521. The third-order valence-corrected chi connectivity index (χ3v) is 4.58. The third kappa shape index (κ3) is 3.44. The summed E-state index contributed by atoms with van der Waals surface area (Å²) in [5.74, 6) is 1.28. The van der Waals surface area contributed by atoms with Crippen molar-refractivity contribution in [1.29, 1.82) is 0 Å². The second-order valence-electron chi connectivity index (χ2n) is 6.60. The van der Waals surface area contributed by atoms with Gasteiger partial charge in [0, 0.05) is 11.6 Å². The molecule has 1 atom stereocenters. The first-order chi connectivity index (χ1) is 12.1. The number of amides is 1. The van der Waals surface area contributed by atoms with Crippen LogP contribution in [0.3, 0.4) is 0 Å². The topological polar surface area (TPSA) is 71.8 Å². The molecule has 1 fully saturated rings. The summed E-state index contributed by atoms with van der Waals surface area (Å²) in [6, 6.07) is 9.41. The van der Waals surface area contributed by atoms with Gasteiger partial charge in [0.1, 0.15) is 11.5 Å². The van der Waals surface area contributed by atoms with E-state index < -0.39 is 6.10 Å². The maximum absolute atomic E-state index is 12.7. The predicted octanol–water partition coefficient (Wildman–Crippen LogP) is 2.85. The minimum Gasteiger partial charge on any atom is -0.479 e. The Morgan fingerprint density at radius 1 is 1.32 bits per heavy atom. The first-order valence-corrected chi connectivity index (χ1v) is 8.51. The van der Waals surface area contributed by atoms with Crippen LogP contribution in [0.2, 0.25) is 0 Å². The van der Waals surface area contributed by atoms with Crippen LogP contribution < -0.4 is 10.1 Å². The number of rotatable bonds is 6. The Morgan fingerprint density at radius 3 is 2.88 bits per heavy atom. The van der Waals surface area contributed by atoms with E-state index in [-0.39, 0.29) is 11.7 Å². The van der Waals surface area contributed by atoms with Crippen molar-refractivity contribution in [3.05, 3.63) is 47.9 Å². The van der Waals surface area contributed by atoms with Crippen LogP contribution in [0.25, 0.3) is 0 Å². The number of hydrogen-bond donors (Lipinski definition) is 1. The lowest BCUT2D eigenvalue weighted by Gasteiger charge is -2.24. The number of benzene rings is 1. The highest BCUT2D eigenvalue weighted by Gasteiger charge is 2.31. The first-order valence-electron chi connectivity index (χ1n) is 8.51. The Labute approximate surface area is 145 Å². The number of Topliss-reactive ketones (excluding diaryl/α,β-unsaturated/α-hetero) is 1. The van der Waals surface area contributed by atoms with Gasteiger partial charge in [-0.3, -0.25) is 14.5 Å². The van der Waals surface area contributed by atoms with Crippen molar-refractivity contribution in [3.63, 3.8) is 0 Å². The average Bonchev–Trinajstić information content (AvgIpc) is 3.32. The molecule has 1 aromatic heterocycles. The van der Waals surface area contributed by atoms with E-state index in [0.717, 1.165) is 18.6 Å². The van der Waals surface area contributed by atoms with Crippen LogP contribution in [0.5, 0.6) is 5.75 Å². The fraction of sp³-hybridized carbons (Fsp3) is 0.368. The van der Waals surface area contributed by atoms with Crippen molar-refractivity contribution in [2.24, 2.45) is 0 Å². The predicted molar refractivity (Wildman–Crippen MR) is 91.6 cm³/mol. The minimum absolute atomic E-state index is 0.0223. The van der Waals surface area contributed by atoms with Crippen molar-refractivity contribution < 1.29 is 18.7 Å². The number of ether oxygens (including phenoxy) is 1. The molecule has 0 saturated heterocycles. The molecular weight excluding hydrogens is 320 g/mol. The van der Waals surface area contributed by atoms with Crippen LogP contribution in [0.4, 0.5) is 5.69 Å². The molecule has 0 unspecified atom stereocenters. The van der Waals surface area contributed by atoms with Gasteiger partial charge in [-0.2, -0.15) is 0 Å². The molecule has 1 amide bonds. The molecule has 1 saturated carbocycles. The van der Waals surface area contributed by atoms with Crippen LogP contribution in [0.1, 0.15) is 35.9 Å². The van der Waals surface area contributed by atoms with Gasteiger partial charge in [0.15, 0.2) is 11.9 Å². The fourth-order valence-electron chi connectivity index (χ4n) is 3.01. The van der Waals surface area contributed by atoms with Gasteiger partial charge in [0.25, 0.3) is 5.91 Å². The highest BCUT2D eigenvalue weighted by atomic mass is 16.5. The number of furan rings is 1. The molecule has 25 heavy (non-hydrogen) atoms. The highest BCUT2D eigenvalue weighted by Crippen LogP contribution is 2.32. The second-order valence-corrected chi connectivity index (χ2v) is 6.60. The van der Waals surface area contributed by atoms with Gasteiger partial charge in [-0.25, -0.2) is 0 Å². The maximum atomic E-state index is 12.7. The van der Waals surface area contributed by atoms with Crippen LogP contribution in [0.15, 0.2) is 41.0 Å². The number of hydrogen-bond acceptors (Lipinski definition) is 5. The Hall–Kier alpha value is -2.60. The van der Waals surface area contributed by atoms with Gasteiger partial charge < -0.3 is 14.5 Å². The molecule has 0 radical (unpaired) electrons. The number of nitrogens with zero attached hydrogens (tertiary/aromatic N) is 1. The Balaban J connectivity index is 1.48. The molecule has 4 rings (SSSR count). The van der Waals surface area contributed by atoms with Gasteiger partial charge >= 0.3 is 0 Å². The van der Waals surface area contributed by atoms with E-state index >= 15 is 0 Å². The first kappa shape index (κ1) is 15.9. The molecule has 1 aliphatic heterocycles. The molecule has 1 aliphatic carbocycles. The standard InChI is InChI=1S/C19H20N2O4/c1-12-19(23)20-16-9-13(4-7-18(16)25-12)17(22)11-21(14-5-6-14)10-15-3-2-8-24-15/h2-4,7-9,12,14H,5-6,10-11H2,1H3,(H,20,23)/t12-/m0/s1. The second kappa shape index (κ2) is 6.37. The molecular formula is C19H20N2O4. The summed E-state index contributed by atoms with van der Waals surface area (Å²) in [5.41, 5.74) is 1.13. The Morgan fingerprint density at radius 2 is 2.16 bits per heavy atom. The molecule has 1 aromatic carbocycles. The molecule has 0 spiro atoms. The Bertz CT molecular complexity index is 796. The lowest BCUT2D eigenvalue weighted by molar-refractivity contribution is -0.122. The van der Waals surface area contributed by atoms with Crippen molar-refractivity contribution in [2.45, 2.75) is 38.5 Å². The van der Waals surface area contributed by atoms with Crippen molar-refractivity contribution in [2.75, 3.05) is 11.9 Å². The lowest BCUT2D eigenvalue weighted by atomic mass is 10.1. The highest BCUT2D eigenvalue weighted by molar-refractivity contribution is 6.02. The maximum Gasteiger partial charge on any atom is 0.265 e. The summed E-state index contributed by atoms with van der Waals surface area (Å²) in [6.07, 6.45) is 3.35. The lowest BCUT2D eigenvalue weighted by Crippen LogP contribution is -2.34. The van der Waals surface area contributed by atoms with Crippen LogP contribution >= 0.6 is 0 Å². The number of ketones is 1. The summed E-state index contributed by atoms with van der Waals surface area (Å²) < 4.78 is 10.9. The average molecular weight is 340 g/mol. The zero-order chi connectivity index (χ0) is 17.4. The van der Waals surface area contributed by atoms with Crippen LogP contribution in [0, 0.1) is 0 Å². The van der Waals surface area contributed by atoms with Gasteiger partial charge in [-0.05, 0) is 50.1 Å². The summed E-state index contributed by atoms with van der Waals surface area (Å²) in [7, 11) is 0. The van der Waals surface area contributed by atoms with Crippen LogP contribution in [-0.4, -0.2) is 35.3 Å². The smallest absolute Gasteiger partial charge is 0.265 e. The summed E-state index contributed by atoms with van der Waals surface area (Å²) in [6.45, 7) is 2.65. The van der Waals surface area contributed by atoms with E-state index in [2.05, 4.69) is 10.2 Å². The van der Waals surface area contributed by atoms with Crippen molar-refractivity contribution in [3.8, 4) is 5.75 Å². The number of anilines is 1. The summed E-state index contributed by atoms with van der Waals surface area (Å²) in [4.78, 5) is 26.6. The molecule has 130 valence electrons. The monoisotopic (exact) mass is 340 g/mol. The quantitative estimate of drug-likeness (QED) is 0.819. The Kier molecular flexibility index (Phi) is 4.05. The summed E-state index contributed by atoms with van der Waals surface area (Å²) >= 11 is 0. The van der Waals surface area contributed by atoms with Gasteiger partial charge in [-0.1, -0.05) is 0 Å². The molecule has 2 heterocycles. The van der Waals surface area contributed by atoms with Crippen molar-refractivity contribution >= 4 is 17.4 Å². The number of nitrogens with one attached hydrogen (secondary N) is 1. The van der Waals surface area contributed by atoms with Gasteiger partial charge in [0.05, 0.1) is 25.0 Å². The zero-order valence-electron chi connectivity index (χ0n) is 14.0. The number of fused-ring (bicyclic) bond motifs is 1. The third-order valence-electron chi connectivity index (χ3n) is 4.58. The van der Waals surface area contributed by atoms with E-state index in [1.165, 1.54) is 0 Å². The molecule has 6 nitrogen and oxygen atoms in total. The van der Waals surface area contributed by atoms with Gasteiger partial charge in [0.2, 0.25) is 0 Å². The van der Waals surface area contributed by atoms with E-state index in [1.54, 1.807) is 31.4 Å².